The van der Waals surface area contributed by atoms with Crippen LogP contribution in [-0.2, 0) is 0 Å². The van der Waals surface area contributed by atoms with Gasteiger partial charge in [0.25, 0.3) is 0 Å². The average Bonchev–Trinajstić information content (AvgIpc) is 1.64. The predicted octanol–water partition coefficient (Wildman–Crippen LogP) is 22.3. The topological polar surface area (TPSA) is 223 Å². The monoisotopic (exact) mass is 1830 g/mol. The van der Waals surface area contributed by atoms with Gasteiger partial charge in [-0.1, -0.05) is 111 Å². The molecule has 3 heterocycles. The van der Waals surface area contributed by atoms with Gasteiger partial charge in [0.2, 0.25) is 10.4 Å². The van der Waals surface area contributed by atoms with Crippen LogP contribution in [0.15, 0.2) is 290 Å². The number of halogens is 8. The van der Waals surface area contributed by atoms with Crippen molar-refractivity contribution in [2.24, 2.45) is 4.30 Å². The molecule has 31 heteroatoms. The van der Waals surface area contributed by atoms with Crippen molar-refractivity contribution < 1.29 is 138 Å². The second-order valence-corrected chi connectivity index (χ2v) is 25.0. The fraction of sp³-hybridized carbons (Fsp3) is 0.153. The Bertz CT molecular complexity index is 4880. The van der Waals surface area contributed by atoms with E-state index in [4.69, 9.17) is 166 Å². The smallest absolute Gasteiger partial charge is 1.00 e. The molecule has 3 aromatic heterocycles. The fourth-order valence-corrected chi connectivity index (χ4v) is 10.1. The number of phenolic OH excluding ortho intramolecular Hbond substituents is 1. The maximum atomic E-state index is 8.86. The number of nitrogens with zero attached hydrogens (tertiary/aromatic N) is 1. The van der Waals surface area contributed by atoms with Gasteiger partial charge in [0, 0.05) is 74.8 Å². The Kier molecular flexibility index (Phi) is 53.5. The van der Waals surface area contributed by atoms with E-state index in [0.717, 1.165) is 122 Å². The third kappa shape index (κ3) is 36.3. The predicted molar refractivity (Wildman–Crippen MR) is 480 cm³/mol. The first-order valence-electron chi connectivity index (χ1n) is 32.5. The molecule has 1 radical (unpaired) electrons. The van der Waals surface area contributed by atoms with Crippen LogP contribution in [0.2, 0.25) is 0 Å². The summed E-state index contributed by atoms with van der Waals surface area (Å²) < 4.78 is 82.4. The Morgan fingerprint density at radius 1 is 0.397 bits per heavy atom. The second-order valence-electron chi connectivity index (χ2n) is 21.6. The second kappa shape index (κ2) is 58.6. The Labute approximate surface area is 772 Å². The molecule has 10 aromatic carbocycles. The summed E-state index contributed by atoms with van der Waals surface area (Å²) in [6.45, 7) is 0. The molecular formula is C85H89B2BrCl7KNO18S. The summed E-state index contributed by atoms with van der Waals surface area (Å²) in [4.78, 5) is 0. The molecule has 0 amide bonds. The number of aromatic hydroxyl groups is 1. The average molecular weight is 1830 g/mol. The molecule has 0 atom stereocenters. The number of benzene rings is 10. The Balaban J connectivity index is 0.00000133. The number of ether oxygens (including phenoxy) is 12. The van der Waals surface area contributed by atoms with E-state index in [1.165, 1.54) is 0 Å². The van der Waals surface area contributed by atoms with Gasteiger partial charge in [0.15, 0.2) is 0 Å². The van der Waals surface area contributed by atoms with Gasteiger partial charge in [-0.3, -0.25) is 0 Å². The third-order valence-electron chi connectivity index (χ3n) is 14.6. The quantitative estimate of drug-likeness (QED) is 0.0356. The molecule has 0 saturated heterocycles. The third-order valence-corrected chi connectivity index (χ3v) is 17.1. The van der Waals surface area contributed by atoms with Gasteiger partial charge in [-0.05, 0) is 214 Å². The molecule has 13 rings (SSSR count). The van der Waals surface area contributed by atoms with Crippen molar-refractivity contribution in [2.75, 3.05) is 71.1 Å². The number of rotatable bonds is 18. The number of phenols is 1. The first kappa shape index (κ1) is 106. The first-order chi connectivity index (χ1) is 54.1. The summed E-state index contributed by atoms with van der Waals surface area (Å²) in [5.74, 6) is 11.5. The van der Waals surface area contributed by atoms with Crippen LogP contribution in [0.5, 0.6) is 74.7 Å². The number of hydrogen-bond donors (Lipinski definition) is 4. The maximum absolute atomic E-state index is 8.86. The number of thiol groups is 1. The van der Waals surface area contributed by atoms with Crippen molar-refractivity contribution in [3.63, 3.8) is 0 Å². The summed E-state index contributed by atoms with van der Waals surface area (Å²) in [5, 5.41) is 29.7. The largest absolute Gasteiger partial charge is 1.00 e. The van der Waals surface area contributed by atoms with Crippen LogP contribution in [0.25, 0.3) is 66.9 Å². The molecule has 0 aliphatic heterocycles. The van der Waals surface area contributed by atoms with Crippen LogP contribution in [0, 0.1) is 0 Å². The number of hydrogen-bond acceptors (Lipinski definition) is 20. The van der Waals surface area contributed by atoms with Gasteiger partial charge < -0.3 is 86.7 Å². The Morgan fingerprint density at radius 3 is 1.01 bits per heavy atom. The number of furan rings is 3. The molecular weight excluding hydrogens is 1740 g/mol. The molecule has 0 saturated carbocycles. The van der Waals surface area contributed by atoms with Crippen molar-refractivity contribution in [1.29, 1.82) is 0 Å². The van der Waals surface area contributed by atoms with Crippen molar-refractivity contribution in [1.82, 2.24) is 0 Å². The van der Waals surface area contributed by atoms with Crippen LogP contribution < -0.4 is 114 Å². The van der Waals surface area contributed by atoms with Gasteiger partial charge >= 0.3 is 83.3 Å². The van der Waals surface area contributed by atoms with E-state index in [-0.39, 0.29) is 95.8 Å². The molecule has 0 spiro atoms. The van der Waals surface area contributed by atoms with E-state index in [2.05, 4.69) is 40.7 Å². The molecule has 0 unspecified atom stereocenters. The number of methoxy groups -OCH3 is 10. The summed E-state index contributed by atoms with van der Waals surface area (Å²) in [5.41, 5.74) is 9.34. The minimum atomic E-state index is -1.40. The summed E-state index contributed by atoms with van der Waals surface area (Å²) in [6, 6.07) is 72.2. The summed E-state index contributed by atoms with van der Waals surface area (Å²) in [7, 11) is 19.1. The zero-order chi connectivity index (χ0) is 81.9. The minimum Gasteiger partial charge on any atom is -1.00 e. The maximum Gasteiger partial charge on any atom is 1.00 e. The van der Waals surface area contributed by atoms with Crippen LogP contribution in [0.3, 0.4) is 0 Å². The van der Waals surface area contributed by atoms with Crippen molar-refractivity contribution in [3.05, 3.63) is 273 Å². The van der Waals surface area contributed by atoms with Crippen molar-refractivity contribution >= 4 is 163 Å². The summed E-state index contributed by atoms with van der Waals surface area (Å²) in [6.07, 6.45) is 0. The van der Waals surface area contributed by atoms with E-state index in [1.54, 1.807) is 156 Å². The normalized spacial score (nSPS) is 9.83. The molecule has 3 N–H and O–H groups in total. The van der Waals surface area contributed by atoms with Gasteiger partial charge in [0.05, 0.1) is 86.6 Å². The number of fused-ring (bicyclic) bond motifs is 3. The minimum absolute atomic E-state index is 0. The van der Waals surface area contributed by atoms with Crippen molar-refractivity contribution in [2.45, 2.75) is 22.3 Å². The summed E-state index contributed by atoms with van der Waals surface area (Å²) >= 11 is 43.4. The fourth-order valence-electron chi connectivity index (χ4n) is 9.16. The molecule has 19 nitrogen and oxygen atoms in total. The van der Waals surface area contributed by atoms with E-state index in [9.17, 15) is 0 Å². The van der Waals surface area contributed by atoms with Crippen molar-refractivity contribution in [3.8, 4) is 109 Å². The van der Waals surface area contributed by atoms with Gasteiger partial charge in [-0.25, -0.2) is 0 Å². The molecule has 0 aliphatic rings. The zero-order valence-corrected chi connectivity index (χ0v) is 73.7. The molecule has 116 heavy (non-hydrogen) atoms. The van der Waals surface area contributed by atoms with Gasteiger partial charge in [-0.15, -0.1) is 0 Å². The van der Waals surface area contributed by atoms with Crippen LogP contribution >= 0.6 is 110 Å². The molecule has 0 bridgehead atoms. The molecule has 0 aliphatic carbocycles. The van der Waals surface area contributed by atoms with Gasteiger partial charge in [-0.2, -0.15) is 0 Å². The van der Waals surface area contributed by atoms with E-state index in [0.29, 0.717) is 40.0 Å². The first-order valence-corrected chi connectivity index (χ1v) is 36.5. The van der Waals surface area contributed by atoms with Crippen LogP contribution in [0.1, 0.15) is 23.7 Å². The molecule has 0 fully saturated rings. The SMILES string of the molecule is C.C.C.COc1ccc(-c2cc3ccc(OC)cc3o2)cc1.COc1ccc(-c2cc3ccc(OC)cc3o2)cc1.COc1ccc(-c2oc3cc(OC)ccc3c2Br)cc1.COc1ccc(B(O)O)cc1.COc1cccc(O)c1.COc1cccc(O/C(Cl)=C\Cl)c1.COc1cccc(O/C(Cl)=C\Cl)c1.ClC=C(Cl)Cl.[B]=NS.[H-].[K+]. The van der Waals surface area contributed by atoms with E-state index < -0.39 is 7.12 Å². The zero-order valence-electron chi connectivity index (χ0n) is 63.8. The Hall–Kier alpha value is -8.21. The van der Waals surface area contributed by atoms with Crippen LogP contribution in [0.4, 0.5) is 0 Å². The Morgan fingerprint density at radius 2 is 0.690 bits per heavy atom. The van der Waals surface area contributed by atoms with E-state index >= 15 is 0 Å². The van der Waals surface area contributed by atoms with Gasteiger partial charge in [0.1, 0.15) is 113 Å². The molecule has 611 valence electrons. The molecule has 13 aromatic rings. The van der Waals surface area contributed by atoms with Crippen LogP contribution in [-0.4, -0.2) is 101 Å². The standard InChI is InChI=1S/C16H13BrO3.2C16H14O3.2C9H8Cl2O2.C7H9BO3.C7H8O2.C2HCl3.3CH4.BHNS.K.H/c1-18-11-5-3-10(4-6-11)16-15(17)13-8-7-12(19-2)9-14(13)20-16;2*1-17-13-6-3-11(4-7-13)15-9-12-5-8-14(18-2)10-16(12)19-15;2*1-12-7-3-2-4-8(5-7)13-9(11)6-10;1-11-7-4-2-6(3-5-7)8(9)10;1-9-7-4-2-3-6(8)5-7;3-1-2(4)5;;;;1-2-3;;/h3-9H,1-2H3;2*3-10H,1-2H3;2*2-6H,1H3;2-5,9-10H,1H3;2-5,8H,1H3;1H;3*1H4;3H;;/q;;;;;;;;;;;;+1;-1/b;;;2*9-6-;;;;;;;;;. The van der Waals surface area contributed by atoms with E-state index in [1.807, 2.05) is 152 Å².